The fraction of sp³-hybridized carbons (Fsp3) is 0.500. The van der Waals surface area contributed by atoms with Gasteiger partial charge in [-0.15, -0.1) is 0 Å². The number of rotatable bonds is 3. The molecular weight excluding hydrogens is 168 g/mol. The fourth-order valence-corrected chi connectivity index (χ4v) is 0.439. The lowest BCUT2D eigenvalue weighted by atomic mass is 10.2. The van der Waals surface area contributed by atoms with Gasteiger partial charge < -0.3 is 0 Å². The third-order valence-corrected chi connectivity index (χ3v) is 0.910. The van der Waals surface area contributed by atoms with Gasteiger partial charge in [-0.3, -0.25) is 4.89 Å². The molecule has 0 aromatic carbocycles. The van der Waals surface area contributed by atoms with E-state index in [1.807, 2.05) is 13.0 Å². The number of hydrogen-bond acceptors (Lipinski definition) is 3. The highest BCUT2D eigenvalue weighted by Crippen LogP contribution is 2.06. The zero-order valence-corrected chi connectivity index (χ0v) is 8.53. The smallest absolute Gasteiger partial charge is 0.293 e. The molecule has 3 heteroatoms. The first-order valence-corrected chi connectivity index (χ1v) is 4.15. The zero-order valence-electron chi connectivity index (χ0n) is 8.53. The van der Waals surface area contributed by atoms with Gasteiger partial charge in [0, 0.05) is 6.08 Å². The molecule has 0 spiro atoms. The summed E-state index contributed by atoms with van der Waals surface area (Å²) in [4.78, 5) is 20.2. The molecule has 0 saturated carbocycles. The Morgan fingerprint density at radius 2 is 1.85 bits per heavy atom. The summed E-state index contributed by atoms with van der Waals surface area (Å²) in [6, 6.07) is 0. The van der Waals surface area contributed by atoms with Gasteiger partial charge in [0.05, 0.1) is 0 Å². The van der Waals surface area contributed by atoms with Crippen molar-refractivity contribution in [2.75, 3.05) is 0 Å². The molecule has 0 rings (SSSR count). The molecule has 0 unspecified atom stereocenters. The Bertz CT molecular complexity index is 209. The Labute approximate surface area is 79.0 Å². The van der Waals surface area contributed by atoms with Gasteiger partial charge >= 0.3 is 5.97 Å². The maximum Gasteiger partial charge on any atom is 0.365 e. The lowest BCUT2D eigenvalue weighted by molar-refractivity contribution is -0.316. The summed E-state index contributed by atoms with van der Waals surface area (Å²) in [7, 11) is 0. The molecule has 3 nitrogen and oxygen atoms in total. The van der Waals surface area contributed by atoms with Crippen molar-refractivity contribution >= 4 is 5.97 Å². The summed E-state index contributed by atoms with van der Waals surface area (Å²) in [6.45, 7) is 7.27. The lowest BCUT2D eigenvalue weighted by Crippen LogP contribution is -2.21. The topological polar surface area (TPSA) is 35.5 Å². The standard InChI is InChI=1S/C10H16O3/c1-5-6-7-8-9(11)12-13-10(2,3)4/h5-8H,1-4H3. The van der Waals surface area contributed by atoms with Crippen molar-refractivity contribution in [1.29, 1.82) is 0 Å². The summed E-state index contributed by atoms with van der Waals surface area (Å²) in [6.07, 6.45) is 6.44. The number of allylic oxidation sites excluding steroid dienone is 3. The molecule has 0 aromatic rings. The van der Waals surface area contributed by atoms with Gasteiger partial charge in [0.2, 0.25) is 0 Å². The normalized spacial score (nSPS) is 12.6. The maximum absolute atomic E-state index is 10.9. The molecule has 0 amide bonds. The van der Waals surface area contributed by atoms with Crippen LogP contribution in [0.4, 0.5) is 0 Å². The quantitative estimate of drug-likeness (QED) is 0.292. The highest BCUT2D eigenvalue weighted by atomic mass is 17.2. The largest absolute Gasteiger partial charge is 0.365 e. The predicted octanol–water partition coefficient (Wildman–Crippen LogP) is 2.39. The summed E-state index contributed by atoms with van der Waals surface area (Å²) >= 11 is 0. The first kappa shape index (κ1) is 11.9. The van der Waals surface area contributed by atoms with Crippen LogP contribution in [0.2, 0.25) is 0 Å². The van der Waals surface area contributed by atoms with Crippen LogP contribution in [0.25, 0.3) is 0 Å². The van der Waals surface area contributed by atoms with E-state index < -0.39 is 11.6 Å². The molecule has 13 heavy (non-hydrogen) atoms. The van der Waals surface area contributed by atoms with Crippen molar-refractivity contribution < 1.29 is 14.6 Å². The number of carbonyl (C=O) groups is 1. The molecule has 0 aliphatic carbocycles. The summed E-state index contributed by atoms with van der Waals surface area (Å²) in [5, 5.41) is 0. The number of hydrogen-bond donors (Lipinski definition) is 0. The van der Waals surface area contributed by atoms with E-state index in [2.05, 4.69) is 4.89 Å². The molecule has 0 atom stereocenters. The Hall–Kier alpha value is -1.09. The minimum Gasteiger partial charge on any atom is -0.293 e. The van der Waals surface area contributed by atoms with Crippen LogP contribution in [0.15, 0.2) is 24.3 Å². The Balaban J connectivity index is 3.76. The monoisotopic (exact) mass is 184 g/mol. The third-order valence-electron chi connectivity index (χ3n) is 0.910. The molecule has 0 fully saturated rings. The summed E-state index contributed by atoms with van der Waals surface area (Å²) < 4.78 is 0. The molecule has 0 bridgehead atoms. The molecule has 0 heterocycles. The average molecular weight is 184 g/mol. The van der Waals surface area contributed by atoms with Crippen LogP contribution in [-0.4, -0.2) is 11.6 Å². The minimum absolute atomic E-state index is 0.468. The Kier molecular flexibility index (Phi) is 5.07. The van der Waals surface area contributed by atoms with Gasteiger partial charge in [0.25, 0.3) is 0 Å². The van der Waals surface area contributed by atoms with Gasteiger partial charge in [-0.25, -0.2) is 4.79 Å². The van der Waals surface area contributed by atoms with E-state index in [4.69, 9.17) is 4.89 Å². The van der Waals surface area contributed by atoms with Gasteiger partial charge in [0.15, 0.2) is 0 Å². The Morgan fingerprint density at radius 1 is 1.23 bits per heavy atom. The summed E-state index contributed by atoms with van der Waals surface area (Å²) in [5.41, 5.74) is -0.468. The van der Waals surface area contributed by atoms with E-state index in [0.29, 0.717) is 0 Å². The fourth-order valence-electron chi connectivity index (χ4n) is 0.439. The van der Waals surface area contributed by atoms with Crippen LogP contribution in [-0.2, 0) is 14.6 Å². The van der Waals surface area contributed by atoms with Gasteiger partial charge in [-0.1, -0.05) is 18.2 Å². The van der Waals surface area contributed by atoms with Crippen LogP contribution in [0.5, 0.6) is 0 Å². The second-order valence-corrected chi connectivity index (χ2v) is 3.48. The van der Waals surface area contributed by atoms with E-state index in [0.717, 1.165) is 0 Å². The second-order valence-electron chi connectivity index (χ2n) is 3.48. The average Bonchev–Trinajstić information content (AvgIpc) is 2.00. The molecule has 0 radical (unpaired) electrons. The SMILES string of the molecule is CC=CC=CC(=O)OOC(C)(C)C. The van der Waals surface area contributed by atoms with E-state index in [-0.39, 0.29) is 0 Å². The highest BCUT2D eigenvalue weighted by molar-refractivity contribution is 5.81. The van der Waals surface area contributed by atoms with Crippen molar-refractivity contribution in [2.24, 2.45) is 0 Å². The van der Waals surface area contributed by atoms with Gasteiger partial charge in [-0.05, 0) is 27.7 Å². The molecular formula is C10H16O3. The van der Waals surface area contributed by atoms with Crippen molar-refractivity contribution in [3.63, 3.8) is 0 Å². The molecule has 0 aliphatic heterocycles. The maximum atomic E-state index is 10.9. The lowest BCUT2D eigenvalue weighted by Gasteiger charge is -2.15. The van der Waals surface area contributed by atoms with E-state index in [9.17, 15) is 4.79 Å². The van der Waals surface area contributed by atoms with Crippen molar-refractivity contribution in [3.8, 4) is 0 Å². The van der Waals surface area contributed by atoms with Gasteiger partial charge in [-0.2, -0.15) is 4.89 Å². The molecule has 0 saturated heterocycles. The zero-order chi connectivity index (χ0) is 10.3. The van der Waals surface area contributed by atoms with E-state index >= 15 is 0 Å². The molecule has 0 aliphatic rings. The first-order valence-electron chi connectivity index (χ1n) is 4.15. The summed E-state index contributed by atoms with van der Waals surface area (Å²) in [5.74, 6) is -0.506. The van der Waals surface area contributed by atoms with Crippen LogP contribution in [0.1, 0.15) is 27.7 Å². The van der Waals surface area contributed by atoms with E-state index in [1.54, 1.807) is 32.9 Å². The van der Waals surface area contributed by atoms with E-state index in [1.165, 1.54) is 6.08 Å². The van der Waals surface area contributed by atoms with Crippen LogP contribution in [0, 0.1) is 0 Å². The first-order chi connectivity index (χ1) is 5.95. The predicted molar refractivity (Wildman–Crippen MR) is 50.9 cm³/mol. The highest BCUT2D eigenvalue weighted by Gasteiger charge is 2.13. The van der Waals surface area contributed by atoms with Crippen LogP contribution < -0.4 is 0 Å². The molecule has 0 N–H and O–H groups in total. The van der Waals surface area contributed by atoms with Crippen molar-refractivity contribution in [3.05, 3.63) is 24.3 Å². The van der Waals surface area contributed by atoms with Crippen LogP contribution in [0.3, 0.4) is 0 Å². The van der Waals surface area contributed by atoms with Crippen molar-refractivity contribution in [2.45, 2.75) is 33.3 Å². The Morgan fingerprint density at radius 3 is 2.31 bits per heavy atom. The molecule has 74 valence electrons. The van der Waals surface area contributed by atoms with Crippen LogP contribution >= 0.6 is 0 Å². The van der Waals surface area contributed by atoms with Gasteiger partial charge in [0.1, 0.15) is 5.60 Å². The van der Waals surface area contributed by atoms with Crippen molar-refractivity contribution in [1.82, 2.24) is 0 Å². The second kappa shape index (κ2) is 5.54. The minimum atomic E-state index is -0.506. The molecule has 0 aromatic heterocycles. The number of carbonyl (C=O) groups excluding carboxylic acids is 1. The third kappa shape index (κ3) is 8.82.